The van der Waals surface area contributed by atoms with Crippen LogP contribution in [0.4, 0.5) is 0 Å². The lowest BCUT2D eigenvalue weighted by molar-refractivity contribution is 0.0725. The quantitative estimate of drug-likeness (QED) is 0.846. The maximum Gasteiger partial charge on any atom is 0.256 e. The number of H-pyrrole nitrogens is 1. The lowest BCUT2D eigenvalue weighted by Gasteiger charge is -2.26. The molecule has 0 spiro atoms. The van der Waals surface area contributed by atoms with Crippen molar-refractivity contribution < 1.29 is 4.79 Å². The van der Waals surface area contributed by atoms with E-state index in [-0.39, 0.29) is 5.91 Å². The molecule has 4 heteroatoms. The highest BCUT2D eigenvalue weighted by Gasteiger charge is 2.23. The van der Waals surface area contributed by atoms with Gasteiger partial charge in [0.1, 0.15) is 0 Å². The number of piperidine rings is 1. The predicted molar refractivity (Wildman–Crippen MR) is 77.8 cm³/mol. The molecule has 1 fully saturated rings. The summed E-state index contributed by atoms with van der Waals surface area (Å²) in [5.41, 5.74) is 2.68. The van der Waals surface area contributed by atoms with E-state index in [0.717, 1.165) is 48.1 Å². The smallest absolute Gasteiger partial charge is 0.256 e. The van der Waals surface area contributed by atoms with E-state index in [1.807, 2.05) is 30.0 Å². The number of halogens is 1. The first-order valence-corrected chi connectivity index (χ1v) is 7.12. The van der Waals surface area contributed by atoms with Crippen molar-refractivity contribution in [3.63, 3.8) is 0 Å². The van der Waals surface area contributed by atoms with Crippen LogP contribution >= 0.6 is 11.6 Å². The molecule has 0 unspecified atom stereocenters. The highest BCUT2D eigenvalue weighted by molar-refractivity contribution is 6.31. The number of likely N-dealkylation sites (tertiary alicyclic amines) is 1. The molecule has 3 nitrogen and oxygen atoms in total. The molecule has 0 radical (unpaired) electrons. The van der Waals surface area contributed by atoms with Gasteiger partial charge in [-0.15, -0.1) is 0 Å². The number of hydrogen-bond donors (Lipinski definition) is 1. The first-order chi connectivity index (χ1) is 9.16. The molecule has 2 aromatic rings. The van der Waals surface area contributed by atoms with Crippen LogP contribution in [0.15, 0.2) is 18.2 Å². The molecule has 1 amide bonds. The number of nitrogens with zero attached hydrogens (tertiary/aromatic N) is 1. The van der Waals surface area contributed by atoms with Crippen LogP contribution in [0.3, 0.4) is 0 Å². The van der Waals surface area contributed by atoms with Crippen molar-refractivity contribution in [2.45, 2.75) is 26.2 Å². The molecule has 1 aromatic carbocycles. The van der Waals surface area contributed by atoms with Gasteiger partial charge in [0.2, 0.25) is 0 Å². The van der Waals surface area contributed by atoms with Crippen LogP contribution in [0.5, 0.6) is 0 Å². The second kappa shape index (κ2) is 4.89. The number of benzene rings is 1. The van der Waals surface area contributed by atoms with Crippen LogP contribution in [-0.2, 0) is 0 Å². The first kappa shape index (κ1) is 12.5. The Morgan fingerprint density at radius 3 is 2.74 bits per heavy atom. The molecular weight excluding hydrogens is 260 g/mol. The molecule has 0 bridgehead atoms. The van der Waals surface area contributed by atoms with Gasteiger partial charge in [0, 0.05) is 34.7 Å². The monoisotopic (exact) mass is 276 g/mol. The lowest BCUT2D eigenvalue weighted by atomic mass is 10.1. The van der Waals surface area contributed by atoms with Crippen LogP contribution in [0, 0.1) is 6.92 Å². The Morgan fingerprint density at radius 2 is 2.00 bits per heavy atom. The third-order valence-electron chi connectivity index (χ3n) is 3.81. The minimum Gasteiger partial charge on any atom is -0.358 e. The number of hydrogen-bond acceptors (Lipinski definition) is 1. The maximum atomic E-state index is 12.7. The SMILES string of the molecule is Cc1[nH]c2ccc(Cl)cc2c1C(=O)N1CCCCC1. The van der Waals surface area contributed by atoms with Crippen LogP contribution in [0.2, 0.25) is 5.02 Å². The van der Waals surface area contributed by atoms with Gasteiger partial charge in [-0.25, -0.2) is 0 Å². The van der Waals surface area contributed by atoms with E-state index in [9.17, 15) is 4.79 Å². The minimum atomic E-state index is 0.130. The second-order valence-electron chi connectivity index (χ2n) is 5.17. The number of aryl methyl sites for hydroxylation is 1. The third kappa shape index (κ3) is 2.23. The molecule has 19 heavy (non-hydrogen) atoms. The van der Waals surface area contributed by atoms with Gasteiger partial charge in [0.05, 0.1) is 5.56 Å². The summed E-state index contributed by atoms with van der Waals surface area (Å²) in [6.07, 6.45) is 3.43. The normalized spacial score (nSPS) is 16.0. The Hall–Kier alpha value is -1.48. The Labute approximate surface area is 117 Å². The molecule has 1 saturated heterocycles. The molecule has 1 aliphatic heterocycles. The van der Waals surface area contributed by atoms with E-state index in [0.29, 0.717) is 5.02 Å². The lowest BCUT2D eigenvalue weighted by Crippen LogP contribution is -2.35. The molecule has 0 saturated carbocycles. The van der Waals surface area contributed by atoms with Gasteiger partial charge >= 0.3 is 0 Å². The number of aromatic nitrogens is 1. The number of amides is 1. The fraction of sp³-hybridized carbons (Fsp3) is 0.400. The maximum absolute atomic E-state index is 12.7. The summed E-state index contributed by atoms with van der Waals surface area (Å²) >= 11 is 6.05. The number of carbonyl (C=O) groups is 1. The van der Waals surface area contributed by atoms with E-state index in [1.54, 1.807) is 0 Å². The zero-order valence-corrected chi connectivity index (χ0v) is 11.8. The molecular formula is C15H17ClN2O. The van der Waals surface area contributed by atoms with Gasteiger partial charge in [0.25, 0.3) is 5.91 Å². The van der Waals surface area contributed by atoms with Gasteiger partial charge in [-0.2, -0.15) is 0 Å². The zero-order chi connectivity index (χ0) is 13.4. The zero-order valence-electron chi connectivity index (χ0n) is 11.0. The Morgan fingerprint density at radius 1 is 1.26 bits per heavy atom. The van der Waals surface area contributed by atoms with Crippen LogP contribution in [-0.4, -0.2) is 28.9 Å². The average Bonchev–Trinajstić information content (AvgIpc) is 2.74. The van der Waals surface area contributed by atoms with Crippen molar-refractivity contribution in [2.75, 3.05) is 13.1 Å². The second-order valence-corrected chi connectivity index (χ2v) is 5.60. The van der Waals surface area contributed by atoms with Crippen molar-refractivity contribution >= 4 is 28.4 Å². The fourth-order valence-corrected chi connectivity index (χ4v) is 3.00. The number of fused-ring (bicyclic) bond motifs is 1. The van der Waals surface area contributed by atoms with Gasteiger partial charge in [0.15, 0.2) is 0 Å². The van der Waals surface area contributed by atoms with Crippen molar-refractivity contribution in [3.05, 3.63) is 34.5 Å². The number of rotatable bonds is 1. The van der Waals surface area contributed by atoms with Gasteiger partial charge in [-0.3, -0.25) is 4.79 Å². The van der Waals surface area contributed by atoms with Gasteiger partial charge < -0.3 is 9.88 Å². The van der Waals surface area contributed by atoms with E-state index in [1.165, 1.54) is 6.42 Å². The predicted octanol–water partition coefficient (Wildman–Crippen LogP) is 3.76. The topological polar surface area (TPSA) is 36.1 Å². The van der Waals surface area contributed by atoms with Crippen LogP contribution in [0.1, 0.15) is 35.3 Å². The summed E-state index contributed by atoms with van der Waals surface area (Å²) in [4.78, 5) is 17.9. The van der Waals surface area contributed by atoms with Crippen molar-refractivity contribution in [1.29, 1.82) is 0 Å². The van der Waals surface area contributed by atoms with Crippen molar-refractivity contribution in [2.24, 2.45) is 0 Å². The highest BCUT2D eigenvalue weighted by atomic mass is 35.5. The Balaban J connectivity index is 2.05. The number of nitrogens with one attached hydrogen (secondary N) is 1. The standard InChI is InChI=1S/C15H17ClN2O/c1-10-14(15(19)18-7-3-2-4-8-18)12-9-11(16)5-6-13(12)17-10/h5-6,9,17H,2-4,7-8H2,1H3. The van der Waals surface area contributed by atoms with Crippen LogP contribution in [0.25, 0.3) is 10.9 Å². The van der Waals surface area contributed by atoms with Crippen molar-refractivity contribution in [3.8, 4) is 0 Å². The summed E-state index contributed by atoms with van der Waals surface area (Å²) < 4.78 is 0. The molecule has 3 rings (SSSR count). The third-order valence-corrected chi connectivity index (χ3v) is 4.04. The Bertz CT molecular complexity index is 626. The molecule has 1 aromatic heterocycles. The molecule has 1 N–H and O–H groups in total. The van der Waals surface area contributed by atoms with E-state index in [4.69, 9.17) is 11.6 Å². The minimum absolute atomic E-state index is 0.130. The largest absolute Gasteiger partial charge is 0.358 e. The average molecular weight is 277 g/mol. The van der Waals surface area contributed by atoms with E-state index >= 15 is 0 Å². The fourth-order valence-electron chi connectivity index (χ4n) is 2.83. The number of carbonyl (C=O) groups excluding carboxylic acids is 1. The van der Waals surface area contributed by atoms with Crippen molar-refractivity contribution in [1.82, 2.24) is 9.88 Å². The molecule has 100 valence electrons. The summed E-state index contributed by atoms with van der Waals surface area (Å²) in [5, 5.41) is 1.60. The Kier molecular flexibility index (Phi) is 3.23. The summed E-state index contributed by atoms with van der Waals surface area (Å²) in [7, 11) is 0. The van der Waals surface area contributed by atoms with Gasteiger partial charge in [-0.1, -0.05) is 11.6 Å². The highest BCUT2D eigenvalue weighted by Crippen LogP contribution is 2.27. The number of aromatic amines is 1. The molecule has 1 aliphatic rings. The molecule has 0 aliphatic carbocycles. The van der Waals surface area contributed by atoms with Crippen LogP contribution < -0.4 is 0 Å². The summed E-state index contributed by atoms with van der Waals surface area (Å²) in [6, 6.07) is 5.64. The summed E-state index contributed by atoms with van der Waals surface area (Å²) in [5.74, 6) is 0.130. The molecule has 0 atom stereocenters. The summed E-state index contributed by atoms with van der Waals surface area (Å²) in [6.45, 7) is 3.68. The first-order valence-electron chi connectivity index (χ1n) is 6.74. The van der Waals surface area contributed by atoms with Gasteiger partial charge in [-0.05, 0) is 44.4 Å². The van der Waals surface area contributed by atoms with E-state index < -0.39 is 0 Å². The molecule has 2 heterocycles. The van der Waals surface area contributed by atoms with E-state index in [2.05, 4.69) is 4.98 Å².